The van der Waals surface area contributed by atoms with E-state index in [0.717, 1.165) is 27.4 Å². The third-order valence-corrected chi connectivity index (χ3v) is 5.97. The molecule has 5 heteroatoms. The molecule has 0 spiro atoms. The molecule has 4 aromatic rings. The third-order valence-electron chi connectivity index (χ3n) is 5.32. The van der Waals surface area contributed by atoms with E-state index in [9.17, 15) is 9.59 Å². The maximum atomic E-state index is 13.2. The average molecular weight is 415 g/mol. The Morgan fingerprint density at radius 2 is 1.80 bits per heavy atom. The Balaban J connectivity index is 1.86. The van der Waals surface area contributed by atoms with Crippen LogP contribution < -0.4 is 5.43 Å². The molecule has 0 atom stereocenters. The summed E-state index contributed by atoms with van der Waals surface area (Å²) in [5, 5.41) is 1.47. The molecule has 0 aliphatic heterocycles. The van der Waals surface area contributed by atoms with Crippen LogP contribution >= 0.6 is 11.8 Å². The van der Waals surface area contributed by atoms with Crippen molar-refractivity contribution in [2.24, 2.45) is 0 Å². The Morgan fingerprint density at radius 3 is 2.57 bits per heavy atom. The summed E-state index contributed by atoms with van der Waals surface area (Å²) in [7, 11) is 0. The number of pyridine rings is 2. The molecule has 0 unspecified atom stereocenters. The largest absolute Gasteiger partial charge is 0.340 e. The zero-order chi connectivity index (χ0) is 21.3. The second kappa shape index (κ2) is 8.28. The van der Waals surface area contributed by atoms with Crippen molar-refractivity contribution in [3.63, 3.8) is 0 Å². The van der Waals surface area contributed by atoms with Gasteiger partial charge in [0.2, 0.25) is 5.43 Å². The molecule has 4 rings (SSSR count). The van der Waals surface area contributed by atoms with Crippen molar-refractivity contribution in [3.05, 3.63) is 105 Å². The lowest BCUT2D eigenvalue weighted by Gasteiger charge is -2.14. The highest BCUT2D eigenvalue weighted by molar-refractivity contribution is 7.98. The van der Waals surface area contributed by atoms with Crippen LogP contribution in [0.5, 0.6) is 0 Å². The maximum Gasteiger partial charge on any atom is 0.200 e. The fraction of sp³-hybridized carbons (Fsp3) is 0.160. The van der Waals surface area contributed by atoms with Crippen LogP contribution in [-0.2, 0) is 6.54 Å². The summed E-state index contributed by atoms with van der Waals surface area (Å²) in [5.41, 5.74) is 4.27. The highest BCUT2D eigenvalue weighted by Gasteiger charge is 2.18. The summed E-state index contributed by atoms with van der Waals surface area (Å²) < 4.78 is 1.94. The van der Waals surface area contributed by atoms with Crippen LogP contribution in [-0.4, -0.2) is 21.6 Å². The van der Waals surface area contributed by atoms with Crippen LogP contribution in [0.15, 0.2) is 76.7 Å². The number of para-hydroxylation sites is 1. The van der Waals surface area contributed by atoms with Gasteiger partial charge < -0.3 is 4.57 Å². The number of thioether (sulfide) groups is 1. The Labute approximate surface area is 179 Å². The van der Waals surface area contributed by atoms with Crippen LogP contribution in [0, 0.1) is 13.8 Å². The van der Waals surface area contributed by atoms with Crippen molar-refractivity contribution in [1.82, 2.24) is 9.55 Å². The van der Waals surface area contributed by atoms with Gasteiger partial charge in [-0.15, -0.1) is 11.8 Å². The molecule has 150 valence electrons. The Bertz CT molecular complexity index is 1320. The molecule has 0 bridgehead atoms. The minimum absolute atomic E-state index is 0.179. The molecular weight excluding hydrogens is 392 g/mol. The fourth-order valence-corrected chi connectivity index (χ4v) is 3.93. The lowest BCUT2D eigenvalue weighted by molar-refractivity contribution is 0.103. The van der Waals surface area contributed by atoms with Crippen LogP contribution in [0.2, 0.25) is 0 Å². The fourth-order valence-electron chi connectivity index (χ4n) is 3.51. The maximum absolute atomic E-state index is 13.2. The number of rotatable bonds is 5. The molecule has 30 heavy (non-hydrogen) atoms. The number of hydrogen-bond acceptors (Lipinski definition) is 4. The van der Waals surface area contributed by atoms with Gasteiger partial charge in [-0.25, -0.2) is 4.98 Å². The van der Waals surface area contributed by atoms with Gasteiger partial charge >= 0.3 is 0 Å². The van der Waals surface area contributed by atoms with Crippen molar-refractivity contribution in [3.8, 4) is 0 Å². The van der Waals surface area contributed by atoms with Crippen molar-refractivity contribution in [1.29, 1.82) is 0 Å². The molecule has 2 aromatic carbocycles. The number of ketones is 1. The summed E-state index contributed by atoms with van der Waals surface area (Å²) in [5.74, 6) is -0.256. The van der Waals surface area contributed by atoms with Gasteiger partial charge in [0.05, 0.1) is 28.3 Å². The first-order valence-corrected chi connectivity index (χ1v) is 10.9. The van der Waals surface area contributed by atoms with E-state index in [1.807, 2.05) is 73.2 Å². The molecule has 0 N–H and O–H groups in total. The molecular formula is C25H22N2O2S. The average Bonchev–Trinajstić information content (AvgIpc) is 2.77. The highest BCUT2D eigenvalue weighted by atomic mass is 32.2. The van der Waals surface area contributed by atoms with E-state index < -0.39 is 0 Å². The number of fused-ring (bicyclic) bond motifs is 1. The van der Waals surface area contributed by atoms with Crippen molar-refractivity contribution in [2.45, 2.75) is 25.4 Å². The van der Waals surface area contributed by atoms with E-state index in [1.54, 1.807) is 30.1 Å². The van der Waals surface area contributed by atoms with Gasteiger partial charge in [-0.3, -0.25) is 9.59 Å². The molecule has 0 aliphatic rings. The zero-order valence-electron chi connectivity index (χ0n) is 17.2. The van der Waals surface area contributed by atoms with E-state index >= 15 is 0 Å². The van der Waals surface area contributed by atoms with Crippen molar-refractivity contribution >= 4 is 28.4 Å². The smallest absolute Gasteiger partial charge is 0.200 e. The minimum atomic E-state index is -0.256. The van der Waals surface area contributed by atoms with Gasteiger partial charge in [0.1, 0.15) is 0 Å². The second-order valence-electron chi connectivity index (χ2n) is 7.32. The quantitative estimate of drug-likeness (QED) is 0.340. The molecule has 2 heterocycles. The molecule has 2 aromatic heterocycles. The van der Waals surface area contributed by atoms with E-state index in [-0.39, 0.29) is 16.8 Å². The van der Waals surface area contributed by atoms with Gasteiger partial charge in [-0.1, -0.05) is 30.3 Å². The molecule has 0 saturated carbocycles. The van der Waals surface area contributed by atoms with Gasteiger partial charge in [0.25, 0.3) is 0 Å². The summed E-state index contributed by atoms with van der Waals surface area (Å²) in [6.45, 7) is 4.44. The second-order valence-corrected chi connectivity index (χ2v) is 8.14. The Kier molecular flexibility index (Phi) is 5.55. The zero-order valence-corrected chi connectivity index (χ0v) is 18.0. The standard InChI is InChI=1S/C25H22N2O2S/c1-16-11-12-18(13-17(16)2)24(28)21-15-27(14-19-7-6-10-23(26-19)30-3)22-9-5-4-8-20(22)25(21)29/h4-13,15H,14H2,1-3H3. The summed E-state index contributed by atoms with van der Waals surface area (Å²) >= 11 is 1.58. The molecule has 4 nitrogen and oxygen atoms in total. The van der Waals surface area contributed by atoms with Gasteiger partial charge in [-0.05, 0) is 61.6 Å². The van der Waals surface area contributed by atoms with E-state index in [0.29, 0.717) is 17.5 Å². The summed E-state index contributed by atoms with van der Waals surface area (Å²) in [6, 6.07) is 18.8. The van der Waals surface area contributed by atoms with Crippen LogP contribution in [0.1, 0.15) is 32.7 Å². The monoisotopic (exact) mass is 414 g/mol. The van der Waals surface area contributed by atoms with Crippen LogP contribution in [0.4, 0.5) is 0 Å². The van der Waals surface area contributed by atoms with Crippen LogP contribution in [0.25, 0.3) is 10.9 Å². The minimum Gasteiger partial charge on any atom is -0.340 e. The number of aromatic nitrogens is 2. The number of hydrogen-bond donors (Lipinski definition) is 0. The highest BCUT2D eigenvalue weighted by Crippen LogP contribution is 2.18. The predicted molar refractivity (Wildman–Crippen MR) is 123 cm³/mol. The Hall–Kier alpha value is -3.18. The van der Waals surface area contributed by atoms with Crippen LogP contribution in [0.3, 0.4) is 0 Å². The van der Waals surface area contributed by atoms with E-state index in [1.165, 1.54) is 0 Å². The van der Waals surface area contributed by atoms with Gasteiger partial charge in [0.15, 0.2) is 5.78 Å². The molecule has 0 saturated heterocycles. The summed E-state index contributed by atoms with van der Waals surface area (Å²) in [4.78, 5) is 31.0. The van der Waals surface area contributed by atoms with Gasteiger partial charge in [-0.2, -0.15) is 0 Å². The third kappa shape index (κ3) is 3.81. The first kappa shape index (κ1) is 20.1. The van der Waals surface area contributed by atoms with E-state index in [4.69, 9.17) is 0 Å². The first-order valence-electron chi connectivity index (χ1n) is 9.72. The lowest BCUT2D eigenvalue weighted by Crippen LogP contribution is -2.20. The first-order chi connectivity index (χ1) is 14.5. The Morgan fingerprint density at radius 1 is 1.00 bits per heavy atom. The van der Waals surface area contributed by atoms with Crippen molar-refractivity contribution < 1.29 is 4.79 Å². The SMILES string of the molecule is CSc1cccc(Cn2cc(C(=O)c3ccc(C)c(C)c3)c(=O)c3ccccc32)n1. The number of nitrogens with zero attached hydrogens (tertiary/aromatic N) is 2. The number of benzene rings is 2. The van der Waals surface area contributed by atoms with Crippen molar-refractivity contribution in [2.75, 3.05) is 6.26 Å². The summed E-state index contributed by atoms with van der Waals surface area (Å²) in [6.07, 6.45) is 3.66. The number of carbonyl (C=O) groups excluding carboxylic acids is 1. The number of carbonyl (C=O) groups is 1. The normalized spacial score (nSPS) is 11.0. The van der Waals surface area contributed by atoms with Gasteiger partial charge in [0, 0.05) is 17.1 Å². The molecule has 0 aliphatic carbocycles. The lowest BCUT2D eigenvalue weighted by atomic mass is 9.99. The van der Waals surface area contributed by atoms with E-state index in [2.05, 4.69) is 4.98 Å². The predicted octanol–water partition coefficient (Wildman–Crippen LogP) is 5.01. The molecule has 0 radical (unpaired) electrons. The topological polar surface area (TPSA) is 52.0 Å². The number of aryl methyl sites for hydroxylation is 2. The molecule has 0 fully saturated rings. The molecule has 0 amide bonds.